The van der Waals surface area contributed by atoms with Gasteiger partial charge in [0.25, 0.3) is 0 Å². The molecular formula is C16H18N2O2. The van der Waals surface area contributed by atoms with Gasteiger partial charge in [-0.15, -0.1) is 0 Å². The smallest absolute Gasteiger partial charge is 0.337 e. The van der Waals surface area contributed by atoms with Gasteiger partial charge in [0, 0.05) is 6.54 Å². The molecule has 0 saturated carbocycles. The second-order valence-electron chi connectivity index (χ2n) is 4.63. The molecule has 0 radical (unpaired) electrons. The van der Waals surface area contributed by atoms with Crippen LogP contribution < -0.4 is 11.1 Å². The first-order chi connectivity index (χ1) is 9.60. The van der Waals surface area contributed by atoms with E-state index in [4.69, 9.17) is 10.5 Å². The van der Waals surface area contributed by atoms with Crippen LogP contribution in [0.4, 0.5) is 11.4 Å². The number of anilines is 2. The number of esters is 1. The van der Waals surface area contributed by atoms with Crippen LogP contribution in [0.15, 0.2) is 42.5 Å². The van der Waals surface area contributed by atoms with Crippen LogP contribution in [0.3, 0.4) is 0 Å². The quantitative estimate of drug-likeness (QED) is 0.662. The summed E-state index contributed by atoms with van der Waals surface area (Å²) in [7, 11) is 1.36. The van der Waals surface area contributed by atoms with Gasteiger partial charge in [0.2, 0.25) is 0 Å². The molecule has 0 aliphatic rings. The Morgan fingerprint density at radius 3 is 2.55 bits per heavy atom. The molecule has 2 aromatic rings. The molecule has 0 saturated heterocycles. The van der Waals surface area contributed by atoms with Crippen molar-refractivity contribution in [2.75, 3.05) is 18.2 Å². The molecule has 2 aromatic carbocycles. The Morgan fingerprint density at radius 1 is 1.20 bits per heavy atom. The second-order valence-corrected chi connectivity index (χ2v) is 4.63. The minimum absolute atomic E-state index is 0.372. The van der Waals surface area contributed by atoms with E-state index in [2.05, 4.69) is 36.5 Å². The van der Waals surface area contributed by atoms with Crippen LogP contribution in [-0.4, -0.2) is 13.1 Å². The zero-order valence-electron chi connectivity index (χ0n) is 11.6. The normalized spacial score (nSPS) is 10.1. The van der Waals surface area contributed by atoms with Gasteiger partial charge in [-0.25, -0.2) is 4.79 Å². The summed E-state index contributed by atoms with van der Waals surface area (Å²) in [6, 6.07) is 13.3. The SMILES string of the molecule is COC(=O)c1ccc(N)c(NCc2ccc(C)cc2)c1. The number of methoxy groups -OCH3 is 1. The molecule has 4 nitrogen and oxygen atoms in total. The van der Waals surface area contributed by atoms with E-state index < -0.39 is 0 Å². The topological polar surface area (TPSA) is 64.3 Å². The first-order valence-corrected chi connectivity index (χ1v) is 6.37. The van der Waals surface area contributed by atoms with Crippen molar-refractivity contribution >= 4 is 17.3 Å². The molecule has 0 fully saturated rings. The van der Waals surface area contributed by atoms with Gasteiger partial charge in [-0.05, 0) is 30.7 Å². The fraction of sp³-hybridized carbons (Fsp3) is 0.188. The highest BCUT2D eigenvalue weighted by Gasteiger charge is 2.08. The first kappa shape index (κ1) is 13.9. The molecule has 0 aliphatic heterocycles. The van der Waals surface area contributed by atoms with Crippen LogP contribution in [0.5, 0.6) is 0 Å². The van der Waals surface area contributed by atoms with E-state index in [1.54, 1.807) is 18.2 Å². The van der Waals surface area contributed by atoms with Crippen molar-refractivity contribution in [2.24, 2.45) is 0 Å². The Hall–Kier alpha value is -2.49. The van der Waals surface area contributed by atoms with Crippen LogP contribution in [0.25, 0.3) is 0 Å². The summed E-state index contributed by atoms with van der Waals surface area (Å²) >= 11 is 0. The van der Waals surface area contributed by atoms with Gasteiger partial charge in [0.05, 0.1) is 24.0 Å². The lowest BCUT2D eigenvalue weighted by atomic mass is 10.1. The van der Waals surface area contributed by atoms with Gasteiger partial charge in [0.15, 0.2) is 0 Å². The highest BCUT2D eigenvalue weighted by atomic mass is 16.5. The highest BCUT2D eigenvalue weighted by Crippen LogP contribution is 2.21. The van der Waals surface area contributed by atoms with Crippen molar-refractivity contribution in [2.45, 2.75) is 13.5 Å². The number of hydrogen-bond donors (Lipinski definition) is 2. The third kappa shape index (κ3) is 3.29. The van der Waals surface area contributed by atoms with E-state index in [1.165, 1.54) is 12.7 Å². The highest BCUT2D eigenvalue weighted by molar-refractivity contribution is 5.91. The molecule has 2 rings (SSSR count). The fourth-order valence-corrected chi connectivity index (χ4v) is 1.86. The lowest BCUT2D eigenvalue weighted by molar-refractivity contribution is 0.0601. The van der Waals surface area contributed by atoms with Gasteiger partial charge >= 0.3 is 5.97 Å². The molecule has 0 atom stereocenters. The first-order valence-electron chi connectivity index (χ1n) is 6.37. The Morgan fingerprint density at radius 2 is 1.90 bits per heavy atom. The summed E-state index contributed by atoms with van der Waals surface area (Å²) < 4.78 is 4.70. The van der Waals surface area contributed by atoms with Crippen molar-refractivity contribution in [1.82, 2.24) is 0 Å². The Labute approximate surface area is 118 Å². The number of carbonyl (C=O) groups is 1. The number of nitrogen functional groups attached to an aromatic ring is 1. The molecular weight excluding hydrogens is 252 g/mol. The zero-order valence-corrected chi connectivity index (χ0v) is 11.6. The predicted octanol–water partition coefficient (Wildman–Crippen LogP) is 2.98. The van der Waals surface area contributed by atoms with E-state index in [-0.39, 0.29) is 5.97 Å². The monoisotopic (exact) mass is 270 g/mol. The van der Waals surface area contributed by atoms with Crippen molar-refractivity contribution in [3.8, 4) is 0 Å². The van der Waals surface area contributed by atoms with E-state index >= 15 is 0 Å². The predicted molar refractivity (Wildman–Crippen MR) is 80.7 cm³/mol. The number of aryl methyl sites for hydroxylation is 1. The number of hydrogen-bond acceptors (Lipinski definition) is 4. The van der Waals surface area contributed by atoms with Crippen molar-refractivity contribution in [1.29, 1.82) is 0 Å². The average Bonchev–Trinajstić information content (AvgIpc) is 2.47. The molecule has 0 aromatic heterocycles. The van der Waals surface area contributed by atoms with Gasteiger partial charge in [-0.3, -0.25) is 0 Å². The van der Waals surface area contributed by atoms with Crippen LogP contribution in [-0.2, 0) is 11.3 Å². The molecule has 3 N–H and O–H groups in total. The summed E-state index contributed by atoms with van der Waals surface area (Å²) in [5, 5.41) is 3.24. The van der Waals surface area contributed by atoms with Gasteiger partial charge in [-0.2, -0.15) is 0 Å². The largest absolute Gasteiger partial charge is 0.465 e. The maximum absolute atomic E-state index is 11.5. The molecule has 0 amide bonds. The van der Waals surface area contributed by atoms with Crippen molar-refractivity contribution in [3.05, 3.63) is 59.2 Å². The Bertz CT molecular complexity index is 606. The average molecular weight is 270 g/mol. The van der Waals surface area contributed by atoms with Gasteiger partial charge in [0.1, 0.15) is 0 Å². The van der Waals surface area contributed by atoms with E-state index in [9.17, 15) is 4.79 Å². The number of nitrogens with two attached hydrogens (primary N) is 1. The van der Waals surface area contributed by atoms with Gasteiger partial charge in [-0.1, -0.05) is 29.8 Å². The van der Waals surface area contributed by atoms with Crippen LogP contribution in [0, 0.1) is 6.92 Å². The van der Waals surface area contributed by atoms with E-state index in [0.717, 1.165) is 11.3 Å². The number of carbonyl (C=O) groups excluding carboxylic acids is 1. The third-order valence-corrected chi connectivity index (χ3v) is 3.08. The fourth-order valence-electron chi connectivity index (χ4n) is 1.86. The van der Waals surface area contributed by atoms with Crippen LogP contribution >= 0.6 is 0 Å². The lowest BCUT2D eigenvalue weighted by Gasteiger charge is -2.11. The Balaban J connectivity index is 2.12. The molecule has 0 spiro atoms. The summed E-state index contributed by atoms with van der Waals surface area (Å²) in [4.78, 5) is 11.5. The molecule has 4 heteroatoms. The minimum atomic E-state index is -0.372. The zero-order chi connectivity index (χ0) is 14.5. The lowest BCUT2D eigenvalue weighted by Crippen LogP contribution is -2.06. The van der Waals surface area contributed by atoms with Crippen LogP contribution in [0.2, 0.25) is 0 Å². The molecule has 0 unspecified atom stereocenters. The summed E-state index contributed by atoms with van der Waals surface area (Å²) in [6.07, 6.45) is 0. The summed E-state index contributed by atoms with van der Waals surface area (Å²) in [5.74, 6) is -0.372. The number of ether oxygens (including phenoxy) is 1. The second kappa shape index (κ2) is 6.10. The number of benzene rings is 2. The summed E-state index contributed by atoms with van der Waals surface area (Å²) in [6.45, 7) is 2.70. The van der Waals surface area contributed by atoms with Crippen LogP contribution in [0.1, 0.15) is 21.5 Å². The van der Waals surface area contributed by atoms with E-state index in [0.29, 0.717) is 17.8 Å². The third-order valence-electron chi connectivity index (χ3n) is 3.08. The van der Waals surface area contributed by atoms with Crippen molar-refractivity contribution in [3.63, 3.8) is 0 Å². The summed E-state index contributed by atoms with van der Waals surface area (Å²) in [5.41, 5.74) is 10.1. The van der Waals surface area contributed by atoms with Crippen molar-refractivity contribution < 1.29 is 9.53 Å². The Kier molecular flexibility index (Phi) is 4.25. The molecule has 0 heterocycles. The number of nitrogens with one attached hydrogen (secondary N) is 1. The molecule has 0 aliphatic carbocycles. The maximum atomic E-state index is 11.5. The molecule has 20 heavy (non-hydrogen) atoms. The maximum Gasteiger partial charge on any atom is 0.337 e. The standard InChI is InChI=1S/C16H18N2O2/c1-11-3-5-12(6-4-11)10-18-15-9-13(16(19)20-2)7-8-14(15)17/h3-9,18H,10,17H2,1-2H3. The van der Waals surface area contributed by atoms with Gasteiger partial charge < -0.3 is 15.8 Å². The van der Waals surface area contributed by atoms with E-state index in [1.807, 2.05) is 0 Å². The molecule has 0 bridgehead atoms. The molecule has 104 valence electrons. The number of rotatable bonds is 4. The minimum Gasteiger partial charge on any atom is -0.465 e.